The van der Waals surface area contributed by atoms with Crippen molar-refractivity contribution in [2.45, 2.75) is 26.2 Å². The van der Waals surface area contributed by atoms with Gasteiger partial charge in [-0.1, -0.05) is 19.9 Å². The lowest BCUT2D eigenvalue weighted by Crippen LogP contribution is -2.26. The Balaban J connectivity index is 2.92. The fraction of sp³-hybridized carbons (Fsp3) is 0.500. The van der Waals surface area contributed by atoms with Crippen LogP contribution in [-0.2, 0) is 4.79 Å². The summed E-state index contributed by atoms with van der Waals surface area (Å²) in [5.74, 6) is -6.40. The van der Waals surface area contributed by atoms with Gasteiger partial charge in [-0.05, 0) is 29.9 Å². The molecule has 0 radical (unpaired) electrons. The average Bonchev–Trinajstić information content (AvgIpc) is 2.41. The lowest BCUT2D eigenvalue weighted by atomic mass is 9.82. The molecule has 3 atom stereocenters. The number of rotatable bonds is 6. The lowest BCUT2D eigenvalue weighted by Gasteiger charge is -2.23. The third-order valence-electron chi connectivity index (χ3n) is 3.70. The second-order valence-electron chi connectivity index (χ2n) is 5.04. The van der Waals surface area contributed by atoms with Gasteiger partial charge in [0.25, 0.3) is 0 Å². The van der Waals surface area contributed by atoms with Crippen molar-refractivity contribution in [3.63, 3.8) is 0 Å². The maximum Gasteiger partial charge on any atom is 0.307 e. The molecule has 112 valence electrons. The van der Waals surface area contributed by atoms with Gasteiger partial charge >= 0.3 is 5.97 Å². The Morgan fingerprint density at radius 3 is 2.35 bits per heavy atom. The quantitative estimate of drug-likeness (QED) is 0.791. The molecule has 0 saturated heterocycles. The lowest BCUT2D eigenvalue weighted by molar-refractivity contribution is -0.142. The van der Waals surface area contributed by atoms with Crippen molar-refractivity contribution in [3.8, 4) is 0 Å². The second-order valence-corrected chi connectivity index (χ2v) is 5.04. The molecule has 0 fully saturated rings. The number of aliphatic carboxylic acids is 1. The van der Waals surface area contributed by atoms with Crippen molar-refractivity contribution in [1.29, 1.82) is 0 Å². The molecule has 0 bridgehead atoms. The number of carboxylic acids is 1. The molecule has 20 heavy (non-hydrogen) atoms. The molecule has 0 aliphatic heterocycles. The number of halogens is 3. The van der Waals surface area contributed by atoms with Crippen molar-refractivity contribution < 1.29 is 23.1 Å². The zero-order chi connectivity index (χ0) is 15.4. The summed E-state index contributed by atoms with van der Waals surface area (Å²) < 4.78 is 39.8. The van der Waals surface area contributed by atoms with Gasteiger partial charge in [-0.15, -0.1) is 0 Å². The van der Waals surface area contributed by atoms with Gasteiger partial charge in [-0.25, -0.2) is 13.2 Å². The number of carbonyl (C=O) groups is 1. The highest BCUT2D eigenvalue weighted by molar-refractivity contribution is 5.70. The number of nitrogens with two attached hydrogens (primary N) is 1. The van der Waals surface area contributed by atoms with Crippen molar-refractivity contribution >= 4 is 5.97 Å². The molecule has 1 rings (SSSR count). The third kappa shape index (κ3) is 3.50. The van der Waals surface area contributed by atoms with E-state index in [0.29, 0.717) is 0 Å². The van der Waals surface area contributed by atoms with Crippen LogP contribution in [0.15, 0.2) is 12.1 Å². The first-order valence-electron chi connectivity index (χ1n) is 6.35. The highest BCUT2D eigenvalue weighted by atomic mass is 19.2. The Morgan fingerprint density at radius 1 is 1.25 bits per heavy atom. The summed E-state index contributed by atoms with van der Waals surface area (Å²) in [7, 11) is 0. The third-order valence-corrected chi connectivity index (χ3v) is 3.70. The van der Waals surface area contributed by atoms with Crippen LogP contribution in [0.4, 0.5) is 13.2 Å². The number of carboxylic acid groups (broad SMARTS) is 1. The summed E-state index contributed by atoms with van der Waals surface area (Å²) in [6, 6.07) is 2.06. The number of hydrogen-bond donors (Lipinski definition) is 2. The van der Waals surface area contributed by atoms with E-state index in [9.17, 15) is 18.0 Å². The standard InChI is InChI=1S/C14H18F3NO2/c1-7(5-9(6-18)14(19)20)8(2)10-3-4-11(15)13(17)12(10)16/h3-4,7-9H,5-6,18H2,1-2H3,(H,19,20). The van der Waals surface area contributed by atoms with E-state index >= 15 is 0 Å². The molecule has 0 aliphatic rings. The normalized spacial score (nSPS) is 15.7. The van der Waals surface area contributed by atoms with Crippen molar-refractivity contribution in [2.75, 3.05) is 6.54 Å². The molecular formula is C14H18F3NO2. The number of hydrogen-bond acceptors (Lipinski definition) is 2. The van der Waals surface area contributed by atoms with Crippen molar-refractivity contribution in [2.24, 2.45) is 17.6 Å². The smallest absolute Gasteiger partial charge is 0.307 e. The van der Waals surface area contributed by atoms with Crippen molar-refractivity contribution in [3.05, 3.63) is 35.1 Å². The van der Waals surface area contributed by atoms with E-state index in [1.165, 1.54) is 6.07 Å². The minimum absolute atomic E-state index is 0.0212. The van der Waals surface area contributed by atoms with Crippen LogP contribution in [0.1, 0.15) is 31.7 Å². The van der Waals surface area contributed by atoms with Crippen LogP contribution in [0.25, 0.3) is 0 Å². The molecule has 3 nitrogen and oxygen atoms in total. The Hall–Kier alpha value is -1.56. The molecule has 0 heterocycles. The summed E-state index contributed by atoms with van der Waals surface area (Å²) in [5.41, 5.74) is 5.41. The van der Waals surface area contributed by atoms with Gasteiger partial charge in [0.05, 0.1) is 5.92 Å². The Kier molecular flexibility index (Phi) is 5.56. The molecule has 1 aromatic carbocycles. The van der Waals surface area contributed by atoms with E-state index in [4.69, 9.17) is 10.8 Å². The SMILES string of the molecule is CC(CC(CN)C(=O)O)C(C)c1ccc(F)c(F)c1F. The van der Waals surface area contributed by atoms with Crippen LogP contribution < -0.4 is 5.73 Å². The van der Waals surface area contributed by atoms with E-state index in [-0.39, 0.29) is 24.4 Å². The topological polar surface area (TPSA) is 63.3 Å². The molecule has 0 aromatic heterocycles. The van der Waals surface area contributed by atoms with Crippen LogP contribution in [0, 0.1) is 29.3 Å². The van der Waals surface area contributed by atoms with E-state index in [1.54, 1.807) is 13.8 Å². The van der Waals surface area contributed by atoms with Gasteiger partial charge in [-0.3, -0.25) is 4.79 Å². The Morgan fingerprint density at radius 2 is 1.85 bits per heavy atom. The summed E-state index contributed by atoms with van der Waals surface area (Å²) >= 11 is 0. The van der Waals surface area contributed by atoms with Gasteiger partial charge in [0.1, 0.15) is 0 Å². The Bertz CT molecular complexity index is 494. The van der Waals surface area contributed by atoms with Gasteiger partial charge in [-0.2, -0.15) is 0 Å². The first-order valence-corrected chi connectivity index (χ1v) is 6.35. The predicted molar refractivity (Wildman–Crippen MR) is 68.7 cm³/mol. The van der Waals surface area contributed by atoms with Gasteiger partial charge in [0.15, 0.2) is 17.5 Å². The summed E-state index contributed by atoms with van der Waals surface area (Å²) in [4.78, 5) is 10.9. The van der Waals surface area contributed by atoms with Crippen molar-refractivity contribution in [1.82, 2.24) is 0 Å². The summed E-state index contributed by atoms with van der Waals surface area (Å²) in [6.07, 6.45) is 0.242. The monoisotopic (exact) mass is 289 g/mol. The van der Waals surface area contributed by atoms with E-state index < -0.39 is 35.3 Å². The fourth-order valence-corrected chi connectivity index (χ4v) is 2.15. The highest BCUT2D eigenvalue weighted by Gasteiger charge is 2.26. The van der Waals surface area contributed by atoms with Gasteiger partial charge in [0.2, 0.25) is 0 Å². The molecule has 0 aliphatic carbocycles. The molecule has 0 spiro atoms. The molecule has 0 amide bonds. The average molecular weight is 289 g/mol. The molecule has 6 heteroatoms. The first-order chi connectivity index (χ1) is 9.29. The summed E-state index contributed by atoms with van der Waals surface area (Å²) in [5, 5.41) is 8.95. The molecule has 3 unspecified atom stereocenters. The molecule has 3 N–H and O–H groups in total. The molecular weight excluding hydrogens is 271 g/mol. The van der Waals surface area contributed by atoms with E-state index in [0.717, 1.165) is 6.07 Å². The maximum atomic E-state index is 13.7. The summed E-state index contributed by atoms with van der Waals surface area (Å²) in [6.45, 7) is 3.36. The zero-order valence-electron chi connectivity index (χ0n) is 11.4. The zero-order valence-corrected chi connectivity index (χ0v) is 11.4. The minimum Gasteiger partial charge on any atom is -0.481 e. The van der Waals surface area contributed by atoms with Crippen LogP contribution in [0.5, 0.6) is 0 Å². The van der Waals surface area contributed by atoms with Crippen LogP contribution in [0.2, 0.25) is 0 Å². The number of benzene rings is 1. The fourth-order valence-electron chi connectivity index (χ4n) is 2.15. The molecule has 0 saturated carbocycles. The first kappa shape index (κ1) is 16.5. The largest absolute Gasteiger partial charge is 0.481 e. The van der Waals surface area contributed by atoms with Gasteiger partial charge < -0.3 is 10.8 Å². The van der Waals surface area contributed by atoms with Crippen LogP contribution >= 0.6 is 0 Å². The van der Waals surface area contributed by atoms with E-state index in [2.05, 4.69) is 0 Å². The highest BCUT2D eigenvalue weighted by Crippen LogP contribution is 2.31. The van der Waals surface area contributed by atoms with E-state index in [1.807, 2.05) is 0 Å². The maximum absolute atomic E-state index is 13.7. The molecule has 1 aromatic rings. The Labute approximate surface area is 115 Å². The predicted octanol–water partition coefficient (Wildman–Crippen LogP) is 2.89. The van der Waals surface area contributed by atoms with Crippen LogP contribution in [0.3, 0.4) is 0 Å². The minimum atomic E-state index is -1.50. The second kappa shape index (κ2) is 6.74. The van der Waals surface area contributed by atoms with Gasteiger partial charge in [0, 0.05) is 6.54 Å². The van der Waals surface area contributed by atoms with Crippen LogP contribution in [-0.4, -0.2) is 17.6 Å².